The zero-order valence-electron chi connectivity index (χ0n) is 24.6. The smallest absolute Gasteiger partial charge is 0.312 e. The van der Waals surface area contributed by atoms with E-state index in [4.69, 9.17) is 23.7 Å². The Balaban J connectivity index is 1.35. The van der Waals surface area contributed by atoms with Gasteiger partial charge in [-0.1, -0.05) is 6.92 Å². The Labute approximate surface area is 227 Å². The van der Waals surface area contributed by atoms with Gasteiger partial charge in [0.1, 0.15) is 18.3 Å². The number of rotatable bonds is 8. The van der Waals surface area contributed by atoms with Gasteiger partial charge in [0.2, 0.25) is 0 Å². The molecule has 0 spiro atoms. The Bertz CT molecular complexity index is 900. The second-order valence-corrected chi connectivity index (χ2v) is 14.4. The largest absolute Gasteiger partial charge is 0.462 e. The standard InChI is InChI=1S/C30H48O8/c1-9-28(5,6)25(32)35-24-19-10-18-11-20(24)16-30(14-18,15-19)26(33)34-17-22-12-21(36-29(7,8)37-22)13-23(31)38-27(2,3)4/h18-22,24H,9-17H2,1-8H3. The van der Waals surface area contributed by atoms with E-state index in [2.05, 4.69) is 0 Å². The number of esters is 3. The molecule has 1 heterocycles. The second-order valence-electron chi connectivity index (χ2n) is 14.4. The van der Waals surface area contributed by atoms with Crippen molar-refractivity contribution in [2.45, 2.75) is 136 Å². The first-order chi connectivity index (χ1) is 17.5. The molecule has 1 aliphatic heterocycles. The lowest BCUT2D eigenvalue weighted by atomic mass is 9.48. The topological polar surface area (TPSA) is 97.4 Å². The van der Waals surface area contributed by atoms with Crippen LogP contribution in [-0.4, -0.2) is 54.2 Å². The molecule has 8 nitrogen and oxygen atoms in total. The SMILES string of the molecule is CCC(C)(C)C(=O)OC1C2CC3CC1CC(C(=O)OCC1CC(CC(=O)OC(C)(C)C)OC(C)(C)O1)(C3)C2. The van der Waals surface area contributed by atoms with E-state index < -0.39 is 22.2 Å². The highest BCUT2D eigenvalue weighted by Crippen LogP contribution is 2.61. The highest BCUT2D eigenvalue weighted by molar-refractivity contribution is 5.78. The lowest BCUT2D eigenvalue weighted by Crippen LogP contribution is -2.58. The molecule has 8 heteroatoms. The molecule has 216 valence electrons. The minimum absolute atomic E-state index is 0.0981. The summed E-state index contributed by atoms with van der Waals surface area (Å²) in [5.74, 6) is -0.607. The molecule has 4 bridgehead atoms. The lowest BCUT2D eigenvalue weighted by molar-refractivity contribution is -0.305. The summed E-state index contributed by atoms with van der Waals surface area (Å²) in [4.78, 5) is 38.8. The van der Waals surface area contributed by atoms with E-state index in [-0.39, 0.29) is 61.1 Å². The van der Waals surface area contributed by atoms with E-state index in [0.717, 1.165) is 25.7 Å². The molecule has 5 fully saturated rings. The Morgan fingerprint density at radius 1 is 0.895 bits per heavy atom. The minimum Gasteiger partial charge on any atom is -0.462 e. The molecule has 5 rings (SSSR count). The van der Waals surface area contributed by atoms with Crippen molar-refractivity contribution in [3.8, 4) is 0 Å². The Morgan fingerprint density at radius 2 is 1.50 bits per heavy atom. The second kappa shape index (κ2) is 10.4. The molecular formula is C30H48O8. The van der Waals surface area contributed by atoms with Crippen LogP contribution < -0.4 is 0 Å². The van der Waals surface area contributed by atoms with Crippen LogP contribution in [-0.2, 0) is 38.1 Å². The predicted molar refractivity (Wildman–Crippen MR) is 140 cm³/mol. The molecule has 0 aromatic carbocycles. The van der Waals surface area contributed by atoms with Crippen molar-refractivity contribution in [3.05, 3.63) is 0 Å². The van der Waals surface area contributed by atoms with Crippen LogP contribution in [0.4, 0.5) is 0 Å². The maximum absolute atomic E-state index is 13.6. The highest BCUT2D eigenvalue weighted by Gasteiger charge is 2.60. The third-order valence-electron chi connectivity index (χ3n) is 8.94. The van der Waals surface area contributed by atoms with Gasteiger partial charge >= 0.3 is 17.9 Å². The summed E-state index contributed by atoms with van der Waals surface area (Å²) < 4.78 is 29.5. The molecule has 38 heavy (non-hydrogen) atoms. The van der Waals surface area contributed by atoms with Crippen LogP contribution in [0.2, 0.25) is 0 Å². The van der Waals surface area contributed by atoms with Crippen molar-refractivity contribution in [1.29, 1.82) is 0 Å². The minimum atomic E-state index is -0.897. The molecule has 0 N–H and O–H groups in total. The summed E-state index contributed by atoms with van der Waals surface area (Å²) >= 11 is 0. The third-order valence-corrected chi connectivity index (χ3v) is 8.94. The van der Waals surface area contributed by atoms with Crippen LogP contribution in [0.3, 0.4) is 0 Å². The Kier molecular flexibility index (Phi) is 8.01. The normalized spacial score (nSPS) is 36.0. The molecule has 5 aliphatic rings. The average Bonchev–Trinajstić information content (AvgIpc) is 2.76. The van der Waals surface area contributed by atoms with Gasteiger partial charge in [-0.25, -0.2) is 0 Å². The van der Waals surface area contributed by atoms with Gasteiger partial charge in [-0.15, -0.1) is 0 Å². The van der Waals surface area contributed by atoms with E-state index in [1.807, 2.05) is 55.4 Å². The molecule has 4 aliphatic carbocycles. The molecule has 1 saturated heterocycles. The van der Waals surface area contributed by atoms with Gasteiger partial charge in [0, 0.05) is 6.42 Å². The monoisotopic (exact) mass is 536 g/mol. The van der Waals surface area contributed by atoms with Crippen LogP contribution in [0, 0.1) is 28.6 Å². The number of hydrogen-bond donors (Lipinski definition) is 0. The molecule has 4 unspecified atom stereocenters. The van der Waals surface area contributed by atoms with E-state index in [1.165, 1.54) is 0 Å². The summed E-state index contributed by atoms with van der Waals surface area (Å²) in [6, 6.07) is 0. The number of hydrogen-bond acceptors (Lipinski definition) is 8. The third kappa shape index (κ3) is 6.55. The summed E-state index contributed by atoms with van der Waals surface area (Å²) in [5, 5.41) is 0. The summed E-state index contributed by atoms with van der Waals surface area (Å²) in [6.45, 7) is 15.1. The highest BCUT2D eigenvalue weighted by atomic mass is 16.7. The zero-order valence-corrected chi connectivity index (χ0v) is 24.6. The van der Waals surface area contributed by atoms with E-state index in [9.17, 15) is 14.4 Å². The van der Waals surface area contributed by atoms with Crippen molar-refractivity contribution in [2.24, 2.45) is 28.6 Å². The molecule has 0 amide bonds. The maximum atomic E-state index is 13.6. The summed E-state index contributed by atoms with van der Waals surface area (Å²) in [7, 11) is 0. The fourth-order valence-corrected chi connectivity index (χ4v) is 7.19. The van der Waals surface area contributed by atoms with Gasteiger partial charge < -0.3 is 23.7 Å². The first-order valence-electron chi connectivity index (χ1n) is 14.5. The van der Waals surface area contributed by atoms with E-state index in [1.54, 1.807) is 0 Å². The molecular weight excluding hydrogens is 488 g/mol. The van der Waals surface area contributed by atoms with Gasteiger partial charge in [-0.2, -0.15) is 0 Å². The van der Waals surface area contributed by atoms with Gasteiger partial charge in [0.15, 0.2) is 5.79 Å². The van der Waals surface area contributed by atoms with Gasteiger partial charge in [0.25, 0.3) is 0 Å². The van der Waals surface area contributed by atoms with Crippen LogP contribution in [0.25, 0.3) is 0 Å². The van der Waals surface area contributed by atoms with Gasteiger partial charge in [0.05, 0.1) is 29.5 Å². The van der Waals surface area contributed by atoms with Crippen molar-refractivity contribution in [3.63, 3.8) is 0 Å². The van der Waals surface area contributed by atoms with Crippen LogP contribution in [0.5, 0.6) is 0 Å². The van der Waals surface area contributed by atoms with E-state index in [0.29, 0.717) is 25.2 Å². The number of ether oxygens (including phenoxy) is 5. The van der Waals surface area contributed by atoms with Crippen LogP contribution >= 0.6 is 0 Å². The van der Waals surface area contributed by atoms with Gasteiger partial charge in [-0.05, 0) is 105 Å². The Hall–Kier alpha value is -1.67. The van der Waals surface area contributed by atoms with Crippen LogP contribution in [0.15, 0.2) is 0 Å². The number of carbonyl (C=O) groups excluding carboxylic acids is 3. The van der Waals surface area contributed by atoms with Gasteiger partial charge in [-0.3, -0.25) is 14.4 Å². The number of carbonyl (C=O) groups is 3. The Morgan fingerprint density at radius 3 is 2.08 bits per heavy atom. The van der Waals surface area contributed by atoms with Crippen molar-refractivity contribution in [2.75, 3.05) is 6.61 Å². The molecule has 4 atom stereocenters. The lowest BCUT2D eigenvalue weighted by Gasteiger charge is -2.58. The fraction of sp³-hybridized carbons (Fsp3) is 0.900. The summed E-state index contributed by atoms with van der Waals surface area (Å²) in [5.41, 5.74) is -1.56. The van der Waals surface area contributed by atoms with Crippen molar-refractivity contribution < 1.29 is 38.1 Å². The fourth-order valence-electron chi connectivity index (χ4n) is 7.19. The summed E-state index contributed by atoms with van der Waals surface area (Å²) in [6.07, 6.45) is 4.76. The molecule has 4 saturated carbocycles. The zero-order chi connectivity index (χ0) is 28.1. The first-order valence-corrected chi connectivity index (χ1v) is 14.5. The molecule has 0 radical (unpaired) electrons. The first kappa shape index (κ1) is 29.3. The maximum Gasteiger partial charge on any atom is 0.312 e. The predicted octanol–water partition coefficient (Wildman–Crippen LogP) is 5.35. The van der Waals surface area contributed by atoms with Crippen molar-refractivity contribution in [1.82, 2.24) is 0 Å². The van der Waals surface area contributed by atoms with Crippen molar-refractivity contribution >= 4 is 17.9 Å². The average molecular weight is 537 g/mol. The molecule has 0 aromatic heterocycles. The van der Waals surface area contributed by atoms with Crippen LogP contribution in [0.1, 0.15) is 107 Å². The van der Waals surface area contributed by atoms with E-state index >= 15 is 0 Å². The molecule has 0 aromatic rings. The quantitative estimate of drug-likeness (QED) is 0.303.